The van der Waals surface area contributed by atoms with Gasteiger partial charge in [-0.1, -0.05) is 66.7 Å². The smallest absolute Gasteiger partial charge is 0.223 e. The van der Waals surface area contributed by atoms with E-state index in [-0.39, 0.29) is 5.28 Å². The number of nitrogens with zero attached hydrogens (tertiary/aromatic N) is 2. The van der Waals surface area contributed by atoms with Crippen LogP contribution in [0.4, 0.5) is 0 Å². The van der Waals surface area contributed by atoms with Crippen LogP contribution in [0.3, 0.4) is 0 Å². The number of para-hydroxylation sites is 1. The van der Waals surface area contributed by atoms with Gasteiger partial charge >= 0.3 is 0 Å². The fraction of sp³-hybridized carbons (Fsp3) is 0. The molecule has 0 atom stereocenters. The van der Waals surface area contributed by atoms with Gasteiger partial charge in [-0.2, -0.15) is 0 Å². The molecule has 0 unspecified atom stereocenters. The van der Waals surface area contributed by atoms with Crippen LogP contribution in [-0.4, -0.2) is 9.97 Å². The van der Waals surface area contributed by atoms with Gasteiger partial charge in [0.25, 0.3) is 0 Å². The van der Waals surface area contributed by atoms with Crippen molar-refractivity contribution >= 4 is 44.3 Å². The van der Waals surface area contributed by atoms with E-state index in [9.17, 15) is 0 Å². The predicted octanol–water partition coefficient (Wildman–Crippen LogP) is 7.52. The first-order chi connectivity index (χ1) is 14.8. The molecule has 0 bridgehead atoms. The fourth-order valence-corrected chi connectivity index (χ4v) is 4.22. The van der Waals surface area contributed by atoms with Crippen molar-refractivity contribution in [3.05, 3.63) is 96.3 Å². The van der Waals surface area contributed by atoms with Crippen LogP contribution in [0, 0.1) is 0 Å². The van der Waals surface area contributed by atoms with E-state index in [0.29, 0.717) is 0 Å². The summed E-state index contributed by atoms with van der Waals surface area (Å²) in [5.74, 6) is 0. The number of benzene rings is 4. The van der Waals surface area contributed by atoms with Crippen LogP contribution in [0.25, 0.3) is 55.2 Å². The number of furan rings is 1. The topological polar surface area (TPSA) is 38.9 Å². The Hall–Kier alpha value is -3.69. The quantitative estimate of drug-likeness (QED) is 0.279. The SMILES string of the molecule is Clc1nc(-c2ccccc2)cc(-c2ccc3c(ccc4oc5ccccc5c43)c2)n1. The number of hydrogen-bond donors (Lipinski definition) is 0. The molecule has 0 fully saturated rings. The van der Waals surface area contributed by atoms with Crippen LogP contribution < -0.4 is 0 Å². The highest BCUT2D eigenvalue weighted by atomic mass is 35.5. The molecule has 0 radical (unpaired) electrons. The highest BCUT2D eigenvalue weighted by Crippen LogP contribution is 2.36. The molecule has 0 aliphatic rings. The Labute approximate surface area is 177 Å². The van der Waals surface area contributed by atoms with E-state index in [2.05, 4.69) is 40.3 Å². The summed E-state index contributed by atoms with van der Waals surface area (Å²) in [7, 11) is 0. The number of fused-ring (bicyclic) bond motifs is 5. The van der Waals surface area contributed by atoms with E-state index < -0.39 is 0 Å². The van der Waals surface area contributed by atoms with Crippen molar-refractivity contribution in [1.29, 1.82) is 0 Å². The van der Waals surface area contributed by atoms with Gasteiger partial charge in [0.2, 0.25) is 5.28 Å². The van der Waals surface area contributed by atoms with Gasteiger partial charge in [-0.05, 0) is 46.6 Å². The lowest BCUT2D eigenvalue weighted by Crippen LogP contribution is -1.92. The first kappa shape index (κ1) is 17.2. The van der Waals surface area contributed by atoms with Crippen molar-refractivity contribution in [2.45, 2.75) is 0 Å². The summed E-state index contributed by atoms with van der Waals surface area (Å²) in [6, 6.07) is 30.6. The molecule has 6 aromatic rings. The summed E-state index contributed by atoms with van der Waals surface area (Å²) in [6.45, 7) is 0. The Morgan fingerprint density at radius 1 is 0.600 bits per heavy atom. The van der Waals surface area contributed by atoms with Gasteiger partial charge in [-0.15, -0.1) is 0 Å². The van der Waals surface area contributed by atoms with E-state index in [4.69, 9.17) is 16.0 Å². The van der Waals surface area contributed by atoms with Gasteiger partial charge in [0.15, 0.2) is 0 Å². The van der Waals surface area contributed by atoms with E-state index in [1.54, 1.807) is 0 Å². The molecule has 0 amide bonds. The third kappa shape index (κ3) is 2.75. The molecule has 0 aliphatic heterocycles. The molecule has 0 aliphatic carbocycles. The molecule has 0 saturated carbocycles. The maximum absolute atomic E-state index is 6.26. The molecule has 2 aromatic heterocycles. The second-order valence-electron chi connectivity index (χ2n) is 7.25. The summed E-state index contributed by atoms with van der Waals surface area (Å²) in [5, 5.41) is 4.79. The van der Waals surface area contributed by atoms with E-state index in [1.807, 2.05) is 60.7 Å². The molecule has 4 heteroatoms. The van der Waals surface area contributed by atoms with E-state index >= 15 is 0 Å². The third-order valence-electron chi connectivity index (χ3n) is 5.42. The minimum absolute atomic E-state index is 0.239. The molecule has 142 valence electrons. The molecular formula is C26H15ClN2O. The van der Waals surface area contributed by atoms with Gasteiger partial charge in [0.05, 0.1) is 11.4 Å². The van der Waals surface area contributed by atoms with Crippen molar-refractivity contribution in [3.63, 3.8) is 0 Å². The largest absolute Gasteiger partial charge is 0.456 e. The van der Waals surface area contributed by atoms with E-state index in [0.717, 1.165) is 55.2 Å². The molecule has 3 nitrogen and oxygen atoms in total. The second-order valence-corrected chi connectivity index (χ2v) is 7.58. The Morgan fingerprint density at radius 3 is 2.23 bits per heavy atom. The zero-order chi connectivity index (χ0) is 20.1. The molecule has 2 heterocycles. The summed E-state index contributed by atoms with van der Waals surface area (Å²) in [6.07, 6.45) is 0. The third-order valence-corrected chi connectivity index (χ3v) is 5.59. The molecular weight excluding hydrogens is 392 g/mol. The lowest BCUT2D eigenvalue weighted by atomic mass is 10.00. The molecule has 30 heavy (non-hydrogen) atoms. The Balaban J connectivity index is 1.55. The van der Waals surface area contributed by atoms with Crippen molar-refractivity contribution < 1.29 is 4.42 Å². The van der Waals surface area contributed by atoms with Crippen LogP contribution in [0.5, 0.6) is 0 Å². The minimum atomic E-state index is 0.239. The Bertz CT molecular complexity index is 1550. The maximum Gasteiger partial charge on any atom is 0.223 e. The van der Waals surface area contributed by atoms with Crippen molar-refractivity contribution in [1.82, 2.24) is 9.97 Å². The zero-order valence-electron chi connectivity index (χ0n) is 15.8. The molecule has 0 spiro atoms. The number of rotatable bonds is 2. The maximum atomic E-state index is 6.26. The van der Waals surface area contributed by atoms with Gasteiger partial charge < -0.3 is 4.42 Å². The van der Waals surface area contributed by atoms with Crippen LogP contribution in [0.15, 0.2) is 95.4 Å². The van der Waals surface area contributed by atoms with Crippen LogP contribution >= 0.6 is 11.6 Å². The normalized spacial score (nSPS) is 11.5. The van der Waals surface area contributed by atoms with Crippen LogP contribution in [0.2, 0.25) is 5.28 Å². The average molecular weight is 407 g/mol. The molecule has 4 aromatic carbocycles. The molecule has 6 rings (SSSR count). The van der Waals surface area contributed by atoms with Gasteiger partial charge in [-0.3, -0.25) is 0 Å². The minimum Gasteiger partial charge on any atom is -0.456 e. The van der Waals surface area contributed by atoms with Crippen molar-refractivity contribution in [3.8, 4) is 22.5 Å². The van der Waals surface area contributed by atoms with Crippen LogP contribution in [-0.2, 0) is 0 Å². The first-order valence-electron chi connectivity index (χ1n) is 9.71. The number of halogens is 1. The number of aromatic nitrogens is 2. The lowest BCUT2D eigenvalue weighted by molar-refractivity contribution is 0.669. The Morgan fingerprint density at radius 2 is 1.37 bits per heavy atom. The Kier molecular flexibility index (Phi) is 3.83. The first-order valence-corrected chi connectivity index (χ1v) is 10.1. The van der Waals surface area contributed by atoms with Gasteiger partial charge in [0.1, 0.15) is 11.2 Å². The summed E-state index contributed by atoms with van der Waals surface area (Å²) >= 11 is 6.26. The molecule has 0 N–H and O–H groups in total. The highest BCUT2D eigenvalue weighted by Gasteiger charge is 2.12. The molecule has 0 saturated heterocycles. The summed E-state index contributed by atoms with van der Waals surface area (Å²) in [5.41, 5.74) is 5.41. The number of hydrogen-bond acceptors (Lipinski definition) is 3. The van der Waals surface area contributed by atoms with E-state index in [1.165, 1.54) is 0 Å². The fourth-order valence-electron chi connectivity index (χ4n) is 4.04. The standard InChI is InChI=1S/C26H15ClN2O/c27-26-28-21(16-6-2-1-3-7-16)15-22(29-26)18-10-12-19-17(14-18)11-13-24-25(19)20-8-4-5-9-23(20)30-24/h1-15H. The summed E-state index contributed by atoms with van der Waals surface area (Å²) in [4.78, 5) is 8.88. The lowest BCUT2D eigenvalue weighted by Gasteiger charge is -2.08. The van der Waals surface area contributed by atoms with Gasteiger partial charge in [0, 0.05) is 21.9 Å². The summed E-state index contributed by atoms with van der Waals surface area (Å²) < 4.78 is 6.02. The van der Waals surface area contributed by atoms with Gasteiger partial charge in [-0.25, -0.2) is 9.97 Å². The average Bonchev–Trinajstić information content (AvgIpc) is 3.18. The zero-order valence-corrected chi connectivity index (χ0v) is 16.6. The van der Waals surface area contributed by atoms with Crippen molar-refractivity contribution in [2.75, 3.05) is 0 Å². The van der Waals surface area contributed by atoms with Crippen molar-refractivity contribution in [2.24, 2.45) is 0 Å². The monoisotopic (exact) mass is 406 g/mol. The van der Waals surface area contributed by atoms with Crippen LogP contribution in [0.1, 0.15) is 0 Å². The highest BCUT2D eigenvalue weighted by molar-refractivity contribution is 6.28. The predicted molar refractivity (Wildman–Crippen MR) is 123 cm³/mol. The second kappa shape index (κ2) is 6.68.